The van der Waals surface area contributed by atoms with E-state index in [1.54, 1.807) is 0 Å². The molecule has 0 amide bonds. The van der Waals surface area contributed by atoms with Crippen molar-refractivity contribution < 1.29 is 0 Å². The Morgan fingerprint density at radius 1 is 1.44 bits per heavy atom. The van der Waals surface area contributed by atoms with Gasteiger partial charge in [-0.2, -0.15) is 0 Å². The van der Waals surface area contributed by atoms with E-state index >= 15 is 0 Å². The van der Waals surface area contributed by atoms with E-state index in [9.17, 15) is 0 Å². The van der Waals surface area contributed by atoms with E-state index in [-0.39, 0.29) is 10.8 Å². The number of halogens is 2. The molecule has 9 heavy (non-hydrogen) atoms. The lowest BCUT2D eigenvalue weighted by Gasteiger charge is -2.11. The van der Waals surface area contributed by atoms with Crippen LogP contribution in [0.2, 0.25) is 0 Å². The molecule has 0 aromatic carbocycles. The highest BCUT2D eigenvalue weighted by atomic mass is 35.5. The average Bonchev–Trinajstić information content (AvgIpc) is 1.87. The zero-order valence-electron chi connectivity index (χ0n) is 5.90. The predicted octanol–water partition coefficient (Wildman–Crippen LogP) is 3.23. The molecule has 1 radical (unpaired) electrons. The normalized spacial score (nSPS) is 17.3. The van der Waals surface area contributed by atoms with Crippen molar-refractivity contribution in [3.8, 4) is 0 Å². The minimum atomic E-state index is 0.0339. The molecular formula is C7H13Cl2. The Hall–Kier alpha value is 0.580. The Balaban J connectivity index is 3.32. The third-order valence-electron chi connectivity index (χ3n) is 1.23. The fraction of sp³-hybridized carbons (Fsp3) is 0.857. The quantitative estimate of drug-likeness (QED) is 0.565. The van der Waals surface area contributed by atoms with Crippen LogP contribution in [0.4, 0.5) is 0 Å². The van der Waals surface area contributed by atoms with E-state index in [1.807, 2.05) is 13.3 Å². The van der Waals surface area contributed by atoms with Crippen LogP contribution in [-0.4, -0.2) is 10.8 Å². The average molecular weight is 168 g/mol. The van der Waals surface area contributed by atoms with Crippen molar-refractivity contribution >= 4 is 23.2 Å². The summed E-state index contributed by atoms with van der Waals surface area (Å²) in [5, 5.41) is 0.147. The van der Waals surface area contributed by atoms with Gasteiger partial charge in [0, 0.05) is 0 Å². The summed E-state index contributed by atoms with van der Waals surface area (Å²) in [6, 6.07) is 0. The maximum Gasteiger partial charge on any atom is 0.0528 e. The van der Waals surface area contributed by atoms with Crippen molar-refractivity contribution in [1.29, 1.82) is 0 Å². The van der Waals surface area contributed by atoms with Gasteiger partial charge in [0.25, 0.3) is 0 Å². The summed E-state index contributed by atoms with van der Waals surface area (Å²) in [5.41, 5.74) is 0. The molecule has 0 spiro atoms. The number of hydrogen-bond acceptors (Lipinski definition) is 0. The molecule has 0 N–H and O–H groups in total. The maximum absolute atomic E-state index is 5.87. The highest BCUT2D eigenvalue weighted by Crippen LogP contribution is 2.16. The summed E-state index contributed by atoms with van der Waals surface area (Å²) >= 11 is 11.7. The van der Waals surface area contributed by atoms with Crippen molar-refractivity contribution in [1.82, 2.24) is 0 Å². The second-order valence-electron chi connectivity index (χ2n) is 2.08. The fourth-order valence-electron chi connectivity index (χ4n) is 0.644. The second-order valence-corrected chi connectivity index (χ2v) is 3.15. The van der Waals surface area contributed by atoms with Gasteiger partial charge in [-0.3, -0.25) is 0 Å². The van der Waals surface area contributed by atoms with E-state index in [0.29, 0.717) is 0 Å². The highest BCUT2D eigenvalue weighted by molar-refractivity contribution is 6.30. The lowest BCUT2D eigenvalue weighted by Crippen LogP contribution is -2.13. The lowest BCUT2D eigenvalue weighted by molar-refractivity contribution is 0.725. The van der Waals surface area contributed by atoms with E-state index < -0.39 is 0 Å². The van der Waals surface area contributed by atoms with Gasteiger partial charge in [-0.1, -0.05) is 20.3 Å². The first kappa shape index (κ1) is 9.58. The number of hydrogen-bond donors (Lipinski definition) is 0. The van der Waals surface area contributed by atoms with Crippen LogP contribution in [0.25, 0.3) is 0 Å². The molecule has 0 heterocycles. The van der Waals surface area contributed by atoms with Crippen LogP contribution in [0, 0.1) is 6.42 Å². The van der Waals surface area contributed by atoms with E-state index in [4.69, 9.17) is 23.2 Å². The number of rotatable bonds is 4. The molecule has 0 bridgehead atoms. The largest absolute Gasteiger partial charge is 0.121 e. The molecule has 55 valence electrons. The summed E-state index contributed by atoms with van der Waals surface area (Å²) < 4.78 is 0. The standard InChI is InChI=1S/C7H13Cl2/c1-3-5-7(9)6(8)4-2/h4,6-7H,3,5H2,1-2H3. The zero-order valence-corrected chi connectivity index (χ0v) is 7.41. The smallest absolute Gasteiger partial charge is 0.0528 e. The summed E-state index contributed by atoms with van der Waals surface area (Å²) in [4.78, 5) is 0. The van der Waals surface area contributed by atoms with Crippen LogP contribution in [0.1, 0.15) is 26.7 Å². The van der Waals surface area contributed by atoms with Crippen LogP contribution in [-0.2, 0) is 0 Å². The topological polar surface area (TPSA) is 0 Å². The molecule has 0 aliphatic rings. The first-order chi connectivity index (χ1) is 4.22. The zero-order chi connectivity index (χ0) is 7.28. The molecule has 0 fully saturated rings. The Bertz CT molecular complexity index is 63.9. The van der Waals surface area contributed by atoms with Crippen LogP contribution >= 0.6 is 23.2 Å². The van der Waals surface area contributed by atoms with Crippen molar-refractivity contribution in [2.75, 3.05) is 0 Å². The monoisotopic (exact) mass is 167 g/mol. The Morgan fingerprint density at radius 2 is 2.00 bits per heavy atom. The Morgan fingerprint density at radius 3 is 2.33 bits per heavy atom. The Labute approximate surface area is 67.5 Å². The Kier molecular flexibility index (Phi) is 5.72. The van der Waals surface area contributed by atoms with Crippen molar-refractivity contribution in [3.63, 3.8) is 0 Å². The SMILES string of the molecule is C[CH]C(Cl)C(Cl)CCC. The van der Waals surface area contributed by atoms with E-state index in [1.165, 1.54) is 0 Å². The van der Waals surface area contributed by atoms with Crippen LogP contribution < -0.4 is 0 Å². The first-order valence-electron chi connectivity index (χ1n) is 3.30. The van der Waals surface area contributed by atoms with Crippen molar-refractivity contribution in [2.45, 2.75) is 37.4 Å². The fourth-order valence-corrected chi connectivity index (χ4v) is 1.13. The third-order valence-corrected chi connectivity index (χ3v) is 2.40. The summed E-state index contributed by atoms with van der Waals surface area (Å²) in [6.07, 6.45) is 4.03. The molecule has 0 saturated heterocycles. The van der Waals surface area contributed by atoms with Gasteiger partial charge < -0.3 is 0 Å². The number of alkyl halides is 2. The van der Waals surface area contributed by atoms with Gasteiger partial charge >= 0.3 is 0 Å². The highest BCUT2D eigenvalue weighted by Gasteiger charge is 2.12. The molecular weight excluding hydrogens is 155 g/mol. The molecule has 0 rings (SSSR count). The molecule has 2 atom stereocenters. The van der Waals surface area contributed by atoms with Crippen LogP contribution in [0.15, 0.2) is 0 Å². The van der Waals surface area contributed by atoms with E-state index in [2.05, 4.69) is 6.92 Å². The van der Waals surface area contributed by atoms with Gasteiger partial charge in [-0.25, -0.2) is 0 Å². The molecule has 0 nitrogen and oxygen atoms in total. The molecule has 2 heteroatoms. The molecule has 0 aliphatic carbocycles. The second kappa shape index (κ2) is 5.37. The minimum absolute atomic E-state index is 0.0339. The van der Waals surface area contributed by atoms with Gasteiger partial charge in [-0.15, -0.1) is 23.2 Å². The maximum atomic E-state index is 5.87. The van der Waals surface area contributed by atoms with Crippen LogP contribution in [0.3, 0.4) is 0 Å². The minimum Gasteiger partial charge on any atom is -0.121 e. The van der Waals surface area contributed by atoms with Gasteiger partial charge in [0.15, 0.2) is 0 Å². The van der Waals surface area contributed by atoms with Gasteiger partial charge in [0.2, 0.25) is 0 Å². The van der Waals surface area contributed by atoms with Crippen molar-refractivity contribution in [3.05, 3.63) is 6.42 Å². The van der Waals surface area contributed by atoms with Gasteiger partial charge in [0.05, 0.1) is 10.8 Å². The van der Waals surface area contributed by atoms with Crippen LogP contribution in [0.5, 0.6) is 0 Å². The first-order valence-corrected chi connectivity index (χ1v) is 4.17. The molecule has 0 aromatic heterocycles. The molecule has 0 aliphatic heterocycles. The van der Waals surface area contributed by atoms with Gasteiger partial charge in [-0.05, 0) is 12.8 Å². The van der Waals surface area contributed by atoms with Gasteiger partial charge in [0.1, 0.15) is 0 Å². The molecule has 0 saturated carbocycles. The van der Waals surface area contributed by atoms with E-state index in [0.717, 1.165) is 12.8 Å². The summed E-state index contributed by atoms with van der Waals surface area (Å²) in [7, 11) is 0. The molecule has 2 unspecified atom stereocenters. The summed E-state index contributed by atoms with van der Waals surface area (Å²) in [5.74, 6) is 0. The lowest BCUT2D eigenvalue weighted by atomic mass is 10.1. The third kappa shape index (κ3) is 4.05. The predicted molar refractivity (Wildman–Crippen MR) is 44.2 cm³/mol. The summed E-state index contributed by atoms with van der Waals surface area (Å²) in [6.45, 7) is 4.04. The van der Waals surface area contributed by atoms with Crippen molar-refractivity contribution in [2.24, 2.45) is 0 Å². The molecule has 0 aromatic rings.